The van der Waals surface area contributed by atoms with E-state index in [1.165, 1.54) is 5.56 Å². The Labute approximate surface area is 125 Å². The summed E-state index contributed by atoms with van der Waals surface area (Å²) in [7, 11) is 0. The van der Waals surface area contributed by atoms with Crippen LogP contribution in [-0.2, 0) is 0 Å². The van der Waals surface area contributed by atoms with Gasteiger partial charge in [-0.1, -0.05) is 42.6 Å². The molecule has 0 saturated carbocycles. The van der Waals surface area contributed by atoms with E-state index in [9.17, 15) is 0 Å². The first-order valence-electron chi connectivity index (χ1n) is 6.97. The summed E-state index contributed by atoms with van der Waals surface area (Å²) in [6, 6.07) is 6.62. The molecule has 19 heavy (non-hydrogen) atoms. The van der Waals surface area contributed by atoms with Gasteiger partial charge in [-0.25, -0.2) is 0 Å². The van der Waals surface area contributed by atoms with Gasteiger partial charge in [-0.2, -0.15) is 0 Å². The summed E-state index contributed by atoms with van der Waals surface area (Å²) in [5.41, 5.74) is 7.39. The second-order valence-electron chi connectivity index (χ2n) is 5.47. The first kappa shape index (κ1) is 15.1. The number of halogens is 2. The van der Waals surface area contributed by atoms with Crippen molar-refractivity contribution in [3.63, 3.8) is 0 Å². The number of piperidine rings is 1. The van der Waals surface area contributed by atoms with Crippen LogP contribution in [0.3, 0.4) is 0 Å². The minimum atomic E-state index is 0.349. The zero-order valence-corrected chi connectivity index (χ0v) is 13.1. The van der Waals surface area contributed by atoms with Crippen molar-refractivity contribution in [3.8, 4) is 0 Å². The third-order valence-electron chi connectivity index (χ3n) is 4.32. The van der Waals surface area contributed by atoms with E-state index < -0.39 is 0 Å². The minimum absolute atomic E-state index is 0.349. The van der Waals surface area contributed by atoms with E-state index in [0.717, 1.165) is 25.9 Å². The largest absolute Gasteiger partial charge is 0.327 e. The van der Waals surface area contributed by atoms with Crippen molar-refractivity contribution in [1.29, 1.82) is 0 Å². The number of rotatable bonds is 3. The van der Waals surface area contributed by atoms with Gasteiger partial charge in [-0.15, -0.1) is 0 Å². The highest BCUT2D eigenvalue weighted by Gasteiger charge is 2.28. The molecule has 0 amide bonds. The van der Waals surface area contributed by atoms with Crippen LogP contribution >= 0.6 is 23.2 Å². The van der Waals surface area contributed by atoms with Crippen LogP contribution in [-0.4, -0.2) is 24.0 Å². The van der Waals surface area contributed by atoms with Gasteiger partial charge in [0.15, 0.2) is 0 Å². The third kappa shape index (κ3) is 3.43. The van der Waals surface area contributed by atoms with E-state index in [1.54, 1.807) is 0 Å². The molecule has 0 radical (unpaired) electrons. The van der Waals surface area contributed by atoms with E-state index in [-0.39, 0.29) is 0 Å². The van der Waals surface area contributed by atoms with Gasteiger partial charge in [-0.05, 0) is 37.0 Å². The Morgan fingerprint density at radius 1 is 1.37 bits per heavy atom. The number of nitrogens with two attached hydrogens (primary N) is 1. The summed E-state index contributed by atoms with van der Waals surface area (Å²) in [5.74, 6) is 0.596. The summed E-state index contributed by atoms with van der Waals surface area (Å²) in [4.78, 5) is 2.50. The fourth-order valence-electron chi connectivity index (χ4n) is 2.85. The van der Waals surface area contributed by atoms with Crippen LogP contribution in [0.4, 0.5) is 0 Å². The summed E-state index contributed by atoms with van der Waals surface area (Å²) in [6.07, 6.45) is 2.22. The maximum atomic E-state index is 6.17. The van der Waals surface area contributed by atoms with Crippen molar-refractivity contribution in [2.24, 2.45) is 11.7 Å². The fraction of sp³-hybridized carbons (Fsp3) is 0.600. The van der Waals surface area contributed by atoms with Crippen LogP contribution in [0.1, 0.15) is 38.3 Å². The van der Waals surface area contributed by atoms with Gasteiger partial charge in [0.05, 0.1) is 10.0 Å². The van der Waals surface area contributed by atoms with E-state index in [1.807, 2.05) is 12.1 Å². The number of hydrogen-bond acceptors (Lipinski definition) is 2. The highest BCUT2D eigenvalue weighted by atomic mass is 35.5. The highest BCUT2D eigenvalue weighted by Crippen LogP contribution is 2.31. The lowest BCUT2D eigenvalue weighted by molar-refractivity contribution is 0.114. The summed E-state index contributed by atoms with van der Waals surface area (Å²) >= 11 is 12.1. The number of benzene rings is 1. The molecule has 1 aliphatic heterocycles. The molecule has 1 aromatic rings. The number of hydrogen-bond donors (Lipinski definition) is 1. The Balaban J connectivity index is 2.10. The molecule has 0 aromatic heterocycles. The summed E-state index contributed by atoms with van der Waals surface area (Å²) in [5, 5.41) is 1.25. The quantitative estimate of drug-likeness (QED) is 0.910. The molecule has 0 aliphatic carbocycles. The number of nitrogens with zero attached hydrogens (tertiary/aromatic N) is 1. The maximum Gasteiger partial charge on any atom is 0.0595 e. The Kier molecular flexibility index (Phi) is 5.13. The summed E-state index contributed by atoms with van der Waals surface area (Å²) in [6.45, 7) is 6.57. The average Bonchev–Trinajstić information content (AvgIpc) is 2.41. The van der Waals surface area contributed by atoms with E-state index in [0.29, 0.717) is 28.0 Å². The third-order valence-corrected chi connectivity index (χ3v) is 5.06. The molecule has 1 aromatic carbocycles. The SMILES string of the molecule is CCC1CN(C(C)c2ccc(Cl)c(Cl)c2)CCC1N. The summed E-state index contributed by atoms with van der Waals surface area (Å²) < 4.78 is 0. The molecule has 3 atom stereocenters. The highest BCUT2D eigenvalue weighted by molar-refractivity contribution is 6.42. The van der Waals surface area contributed by atoms with Crippen molar-refractivity contribution in [2.75, 3.05) is 13.1 Å². The molecular weight excluding hydrogens is 279 g/mol. The lowest BCUT2D eigenvalue weighted by atomic mass is 9.89. The van der Waals surface area contributed by atoms with Crippen LogP contribution < -0.4 is 5.73 Å². The van der Waals surface area contributed by atoms with Gasteiger partial charge < -0.3 is 5.73 Å². The molecule has 4 heteroatoms. The molecule has 1 aliphatic rings. The molecule has 0 bridgehead atoms. The number of likely N-dealkylation sites (tertiary alicyclic amines) is 1. The molecular formula is C15H22Cl2N2. The molecule has 1 saturated heterocycles. The molecule has 2 nitrogen and oxygen atoms in total. The Hall–Kier alpha value is -0.280. The van der Waals surface area contributed by atoms with Crippen LogP contribution in [0, 0.1) is 5.92 Å². The van der Waals surface area contributed by atoms with E-state index in [4.69, 9.17) is 28.9 Å². The molecule has 1 fully saturated rings. The lowest BCUT2D eigenvalue weighted by Gasteiger charge is -2.40. The topological polar surface area (TPSA) is 29.3 Å². The maximum absolute atomic E-state index is 6.17. The Morgan fingerprint density at radius 2 is 2.11 bits per heavy atom. The Morgan fingerprint density at radius 3 is 2.74 bits per heavy atom. The molecule has 1 heterocycles. The average molecular weight is 301 g/mol. The zero-order chi connectivity index (χ0) is 14.0. The van der Waals surface area contributed by atoms with Crippen LogP contribution in [0.2, 0.25) is 10.0 Å². The molecule has 3 unspecified atom stereocenters. The zero-order valence-electron chi connectivity index (χ0n) is 11.6. The van der Waals surface area contributed by atoms with Crippen molar-refractivity contribution in [1.82, 2.24) is 4.90 Å². The smallest absolute Gasteiger partial charge is 0.0595 e. The molecule has 106 valence electrons. The Bertz CT molecular complexity index is 436. The predicted molar refractivity (Wildman–Crippen MR) is 82.8 cm³/mol. The first-order valence-corrected chi connectivity index (χ1v) is 7.73. The molecule has 0 spiro atoms. The van der Waals surface area contributed by atoms with Crippen LogP contribution in [0.25, 0.3) is 0 Å². The second kappa shape index (κ2) is 6.45. The van der Waals surface area contributed by atoms with Crippen molar-refractivity contribution >= 4 is 23.2 Å². The predicted octanol–water partition coefficient (Wildman–Crippen LogP) is 4.11. The van der Waals surface area contributed by atoms with E-state index in [2.05, 4.69) is 24.8 Å². The van der Waals surface area contributed by atoms with Gasteiger partial charge in [0.2, 0.25) is 0 Å². The van der Waals surface area contributed by atoms with Gasteiger partial charge in [0, 0.05) is 25.2 Å². The minimum Gasteiger partial charge on any atom is -0.327 e. The fourth-order valence-corrected chi connectivity index (χ4v) is 3.15. The van der Waals surface area contributed by atoms with Gasteiger partial charge in [0.25, 0.3) is 0 Å². The second-order valence-corrected chi connectivity index (χ2v) is 6.28. The van der Waals surface area contributed by atoms with Crippen molar-refractivity contribution in [3.05, 3.63) is 33.8 Å². The normalized spacial score (nSPS) is 26.4. The monoisotopic (exact) mass is 300 g/mol. The van der Waals surface area contributed by atoms with Crippen molar-refractivity contribution < 1.29 is 0 Å². The molecule has 2 N–H and O–H groups in total. The van der Waals surface area contributed by atoms with Gasteiger partial charge in [0.1, 0.15) is 0 Å². The van der Waals surface area contributed by atoms with Crippen LogP contribution in [0.5, 0.6) is 0 Å². The van der Waals surface area contributed by atoms with Gasteiger partial charge in [-0.3, -0.25) is 4.90 Å². The van der Waals surface area contributed by atoms with Crippen LogP contribution in [0.15, 0.2) is 18.2 Å². The lowest BCUT2D eigenvalue weighted by Crippen LogP contribution is -2.47. The molecule has 2 rings (SSSR count). The van der Waals surface area contributed by atoms with Gasteiger partial charge >= 0.3 is 0 Å². The van der Waals surface area contributed by atoms with E-state index >= 15 is 0 Å². The standard InChI is InChI=1S/C15H22Cl2N2/c1-3-11-9-19(7-6-15(11)18)10(2)12-4-5-13(16)14(17)8-12/h4-5,8,10-11,15H,3,6-7,9,18H2,1-2H3. The first-order chi connectivity index (χ1) is 9.02. The van der Waals surface area contributed by atoms with Crippen molar-refractivity contribution in [2.45, 2.75) is 38.8 Å².